The number of halogens is 2. The minimum absolute atomic E-state index is 0.179. The van der Waals surface area contributed by atoms with Crippen molar-refractivity contribution in [3.8, 4) is 0 Å². The van der Waals surface area contributed by atoms with Crippen LogP contribution in [0.15, 0.2) is 53.0 Å². The molecular formula is C17H14BrFN2O2. The van der Waals surface area contributed by atoms with Crippen LogP contribution in [0, 0.1) is 5.82 Å². The van der Waals surface area contributed by atoms with E-state index in [0.717, 1.165) is 4.47 Å². The molecule has 2 amide bonds. The fraction of sp³-hybridized carbons (Fsp3) is 0.176. The summed E-state index contributed by atoms with van der Waals surface area (Å²) in [6.45, 7) is 0.496. The van der Waals surface area contributed by atoms with Gasteiger partial charge in [0.25, 0.3) is 5.91 Å². The van der Waals surface area contributed by atoms with E-state index < -0.39 is 6.04 Å². The molecule has 0 aromatic heterocycles. The van der Waals surface area contributed by atoms with Gasteiger partial charge in [-0.2, -0.15) is 0 Å². The molecule has 0 unspecified atom stereocenters. The lowest BCUT2D eigenvalue weighted by Gasteiger charge is -2.17. The number of rotatable bonds is 3. The van der Waals surface area contributed by atoms with Gasteiger partial charge in [0.15, 0.2) is 0 Å². The Hall–Kier alpha value is -2.21. The highest BCUT2D eigenvalue weighted by atomic mass is 79.9. The topological polar surface area (TPSA) is 49.4 Å². The molecule has 4 nitrogen and oxygen atoms in total. The van der Waals surface area contributed by atoms with Crippen LogP contribution in [0.1, 0.15) is 16.8 Å². The molecule has 2 aromatic carbocycles. The monoisotopic (exact) mass is 376 g/mol. The van der Waals surface area contributed by atoms with Crippen LogP contribution < -0.4 is 10.2 Å². The lowest BCUT2D eigenvalue weighted by Crippen LogP contribution is -2.41. The van der Waals surface area contributed by atoms with Crippen LogP contribution in [0.3, 0.4) is 0 Å². The van der Waals surface area contributed by atoms with Crippen molar-refractivity contribution < 1.29 is 14.0 Å². The maximum absolute atomic E-state index is 13.0. The molecule has 0 saturated carbocycles. The van der Waals surface area contributed by atoms with E-state index in [1.807, 2.05) is 0 Å². The van der Waals surface area contributed by atoms with Crippen molar-refractivity contribution in [2.24, 2.45) is 0 Å². The summed E-state index contributed by atoms with van der Waals surface area (Å²) in [5.41, 5.74) is 1.14. The van der Waals surface area contributed by atoms with Gasteiger partial charge in [0, 0.05) is 22.3 Å². The van der Waals surface area contributed by atoms with Crippen molar-refractivity contribution in [2.75, 3.05) is 11.4 Å². The first-order chi connectivity index (χ1) is 11.0. The average molecular weight is 377 g/mol. The average Bonchev–Trinajstić information content (AvgIpc) is 2.90. The fourth-order valence-electron chi connectivity index (χ4n) is 2.53. The summed E-state index contributed by atoms with van der Waals surface area (Å²) in [6, 6.07) is 12.1. The summed E-state index contributed by atoms with van der Waals surface area (Å²) in [4.78, 5) is 26.2. The SMILES string of the molecule is O=C(N[C@H]1CCN(c2ccc(F)cc2)C1=O)c1ccc(Br)cc1. The number of carbonyl (C=O) groups is 2. The normalized spacial score (nSPS) is 17.4. The van der Waals surface area contributed by atoms with Crippen LogP contribution in [-0.2, 0) is 4.79 Å². The lowest BCUT2D eigenvalue weighted by molar-refractivity contribution is -0.118. The summed E-state index contributed by atoms with van der Waals surface area (Å²) in [6.07, 6.45) is 0.526. The Morgan fingerprint density at radius 2 is 1.78 bits per heavy atom. The predicted octanol–water partition coefficient (Wildman–Crippen LogP) is 3.12. The molecule has 1 aliphatic heterocycles. The van der Waals surface area contributed by atoms with Gasteiger partial charge in [-0.3, -0.25) is 9.59 Å². The Morgan fingerprint density at radius 3 is 2.43 bits per heavy atom. The maximum Gasteiger partial charge on any atom is 0.251 e. The summed E-state index contributed by atoms with van der Waals surface area (Å²) in [7, 11) is 0. The standard InChI is InChI=1S/C17H14BrFN2O2/c18-12-3-1-11(2-4-12)16(22)20-15-9-10-21(17(15)23)14-7-5-13(19)6-8-14/h1-8,15H,9-10H2,(H,20,22)/t15-/m0/s1. The molecule has 1 fully saturated rings. The van der Waals surface area contributed by atoms with E-state index in [1.165, 1.54) is 12.1 Å². The Morgan fingerprint density at radius 1 is 1.13 bits per heavy atom. The van der Waals surface area contributed by atoms with Crippen molar-refractivity contribution in [1.82, 2.24) is 5.32 Å². The highest BCUT2D eigenvalue weighted by Gasteiger charge is 2.33. The molecule has 0 bridgehead atoms. The van der Waals surface area contributed by atoms with Gasteiger partial charge in [0.1, 0.15) is 11.9 Å². The molecule has 1 atom stereocenters. The van der Waals surface area contributed by atoms with Crippen LogP contribution in [0.2, 0.25) is 0 Å². The number of anilines is 1. The molecule has 6 heteroatoms. The number of nitrogens with one attached hydrogen (secondary N) is 1. The van der Waals surface area contributed by atoms with Crippen molar-refractivity contribution in [1.29, 1.82) is 0 Å². The molecule has 1 heterocycles. The van der Waals surface area contributed by atoms with Gasteiger partial charge in [-0.1, -0.05) is 15.9 Å². The second-order valence-electron chi connectivity index (χ2n) is 5.29. The third kappa shape index (κ3) is 3.42. The second-order valence-corrected chi connectivity index (χ2v) is 6.20. The minimum Gasteiger partial charge on any atom is -0.340 e. The molecular weight excluding hydrogens is 363 g/mol. The molecule has 2 aromatic rings. The Labute approximate surface area is 141 Å². The zero-order chi connectivity index (χ0) is 16.4. The van der Waals surface area contributed by atoms with Crippen LogP contribution >= 0.6 is 15.9 Å². The van der Waals surface area contributed by atoms with Gasteiger partial charge in [-0.05, 0) is 55.0 Å². The van der Waals surface area contributed by atoms with Gasteiger partial charge >= 0.3 is 0 Å². The van der Waals surface area contributed by atoms with E-state index in [9.17, 15) is 14.0 Å². The van der Waals surface area contributed by atoms with E-state index in [4.69, 9.17) is 0 Å². The van der Waals surface area contributed by atoms with Gasteiger partial charge in [0.05, 0.1) is 0 Å². The molecule has 0 aliphatic carbocycles. The van der Waals surface area contributed by atoms with E-state index in [0.29, 0.717) is 24.2 Å². The summed E-state index contributed by atoms with van der Waals surface area (Å²) in [5.74, 6) is -0.806. The van der Waals surface area contributed by atoms with Gasteiger partial charge < -0.3 is 10.2 Å². The van der Waals surface area contributed by atoms with Crippen LogP contribution in [0.5, 0.6) is 0 Å². The molecule has 1 saturated heterocycles. The number of hydrogen-bond donors (Lipinski definition) is 1. The first-order valence-electron chi connectivity index (χ1n) is 7.18. The molecule has 1 N–H and O–H groups in total. The van der Waals surface area contributed by atoms with Gasteiger partial charge in [-0.15, -0.1) is 0 Å². The molecule has 0 radical (unpaired) electrons. The third-order valence-corrected chi connectivity index (χ3v) is 4.28. The van der Waals surface area contributed by atoms with Crippen molar-refractivity contribution in [2.45, 2.75) is 12.5 Å². The van der Waals surface area contributed by atoms with Crippen molar-refractivity contribution in [3.63, 3.8) is 0 Å². The Kier molecular flexibility index (Phi) is 4.43. The molecule has 23 heavy (non-hydrogen) atoms. The highest BCUT2D eigenvalue weighted by molar-refractivity contribution is 9.10. The Bertz CT molecular complexity index is 731. The highest BCUT2D eigenvalue weighted by Crippen LogP contribution is 2.22. The van der Waals surface area contributed by atoms with Crippen LogP contribution in [-0.4, -0.2) is 24.4 Å². The number of hydrogen-bond acceptors (Lipinski definition) is 2. The summed E-state index contributed by atoms with van der Waals surface area (Å²) < 4.78 is 13.9. The number of carbonyl (C=O) groups excluding carboxylic acids is 2. The molecule has 0 spiro atoms. The van der Waals surface area contributed by atoms with Gasteiger partial charge in [-0.25, -0.2) is 4.39 Å². The largest absolute Gasteiger partial charge is 0.340 e. The van der Waals surface area contributed by atoms with Crippen molar-refractivity contribution >= 4 is 33.4 Å². The zero-order valence-electron chi connectivity index (χ0n) is 12.1. The first-order valence-corrected chi connectivity index (χ1v) is 7.97. The quantitative estimate of drug-likeness (QED) is 0.894. The summed E-state index contributed by atoms with van der Waals surface area (Å²) >= 11 is 3.31. The minimum atomic E-state index is -0.559. The van der Waals surface area contributed by atoms with Crippen LogP contribution in [0.4, 0.5) is 10.1 Å². The van der Waals surface area contributed by atoms with E-state index >= 15 is 0 Å². The van der Waals surface area contributed by atoms with E-state index in [2.05, 4.69) is 21.2 Å². The maximum atomic E-state index is 13.0. The number of amides is 2. The van der Waals surface area contributed by atoms with E-state index in [-0.39, 0.29) is 17.6 Å². The van der Waals surface area contributed by atoms with Crippen molar-refractivity contribution in [3.05, 3.63) is 64.4 Å². The van der Waals surface area contributed by atoms with Gasteiger partial charge in [0.2, 0.25) is 5.91 Å². The Balaban J connectivity index is 1.68. The number of nitrogens with zero attached hydrogens (tertiary/aromatic N) is 1. The van der Waals surface area contributed by atoms with Crippen LogP contribution in [0.25, 0.3) is 0 Å². The molecule has 118 valence electrons. The zero-order valence-corrected chi connectivity index (χ0v) is 13.7. The molecule has 3 rings (SSSR count). The van der Waals surface area contributed by atoms with E-state index in [1.54, 1.807) is 41.3 Å². The number of benzene rings is 2. The molecule has 1 aliphatic rings. The second kappa shape index (κ2) is 6.50. The third-order valence-electron chi connectivity index (χ3n) is 3.76. The smallest absolute Gasteiger partial charge is 0.251 e. The lowest BCUT2D eigenvalue weighted by atomic mass is 10.2. The fourth-order valence-corrected chi connectivity index (χ4v) is 2.80. The first kappa shape index (κ1) is 15.7. The summed E-state index contributed by atoms with van der Waals surface area (Å²) in [5, 5.41) is 2.76. The predicted molar refractivity (Wildman–Crippen MR) is 88.8 cm³/mol.